The Morgan fingerprint density at radius 3 is 2.92 bits per heavy atom. The highest BCUT2D eigenvalue weighted by Gasteiger charge is 2.08. The molecule has 6 heteroatoms. The van der Waals surface area contributed by atoms with Gasteiger partial charge in [0.05, 0.1) is 11.4 Å². The number of hydrogen-bond acceptors (Lipinski definition) is 5. The molecule has 13 heavy (non-hydrogen) atoms. The Morgan fingerprint density at radius 1 is 1.54 bits per heavy atom. The van der Waals surface area contributed by atoms with E-state index in [9.17, 15) is 0 Å². The Hall–Kier alpha value is -0.720. The summed E-state index contributed by atoms with van der Waals surface area (Å²) in [6.45, 7) is 0.277. The van der Waals surface area contributed by atoms with Crippen LogP contribution in [-0.4, -0.2) is 10.2 Å². The lowest BCUT2D eigenvalue weighted by Gasteiger charge is -1.84. The van der Waals surface area contributed by atoms with Crippen LogP contribution in [0.25, 0.3) is 10.8 Å². The van der Waals surface area contributed by atoms with E-state index in [2.05, 4.69) is 26.1 Å². The fourth-order valence-corrected chi connectivity index (χ4v) is 2.21. The van der Waals surface area contributed by atoms with Gasteiger partial charge in [-0.2, -0.15) is 0 Å². The monoisotopic (exact) mass is 259 g/mol. The standard InChI is InChI=1S/C7H6BrN3OS/c8-4-1-5(13-3-4)7-11-10-6(2-9)12-7/h1,3H,2,9H2. The van der Waals surface area contributed by atoms with Gasteiger partial charge in [-0.3, -0.25) is 0 Å². The van der Waals surface area contributed by atoms with Crippen LogP contribution >= 0.6 is 27.3 Å². The molecule has 2 heterocycles. The van der Waals surface area contributed by atoms with E-state index in [4.69, 9.17) is 10.2 Å². The minimum atomic E-state index is 0.277. The van der Waals surface area contributed by atoms with Gasteiger partial charge < -0.3 is 10.2 Å². The summed E-state index contributed by atoms with van der Waals surface area (Å²) in [7, 11) is 0. The Kier molecular flexibility index (Phi) is 2.43. The maximum atomic E-state index is 5.34. The van der Waals surface area contributed by atoms with E-state index >= 15 is 0 Å². The first-order valence-corrected chi connectivity index (χ1v) is 5.23. The van der Waals surface area contributed by atoms with Gasteiger partial charge >= 0.3 is 0 Å². The Labute approximate surface area is 86.9 Å². The summed E-state index contributed by atoms with van der Waals surface area (Å²) in [6, 6.07) is 1.93. The SMILES string of the molecule is NCc1nnc(-c2cc(Br)cs2)o1. The lowest BCUT2D eigenvalue weighted by atomic mass is 10.5. The third-order valence-corrected chi connectivity index (χ3v) is 3.10. The lowest BCUT2D eigenvalue weighted by Crippen LogP contribution is -1.95. The van der Waals surface area contributed by atoms with Crippen LogP contribution < -0.4 is 5.73 Å². The third-order valence-electron chi connectivity index (χ3n) is 1.42. The summed E-state index contributed by atoms with van der Waals surface area (Å²) in [5, 5.41) is 9.59. The van der Waals surface area contributed by atoms with Crippen LogP contribution in [-0.2, 0) is 6.54 Å². The van der Waals surface area contributed by atoms with Crippen LogP contribution in [0.2, 0.25) is 0 Å². The molecule has 2 rings (SSSR count). The van der Waals surface area contributed by atoms with E-state index in [-0.39, 0.29) is 6.54 Å². The normalized spacial score (nSPS) is 10.6. The van der Waals surface area contributed by atoms with Crippen molar-refractivity contribution in [2.45, 2.75) is 6.54 Å². The maximum Gasteiger partial charge on any atom is 0.257 e. The van der Waals surface area contributed by atoms with Crippen molar-refractivity contribution >= 4 is 27.3 Å². The van der Waals surface area contributed by atoms with Crippen molar-refractivity contribution < 1.29 is 4.42 Å². The van der Waals surface area contributed by atoms with Gasteiger partial charge in [0.1, 0.15) is 0 Å². The van der Waals surface area contributed by atoms with Crippen LogP contribution in [0.3, 0.4) is 0 Å². The van der Waals surface area contributed by atoms with E-state index < -0.39 is 0 Å². The summed E-state index contributed by atoms with van der Waals surface area (Å²) in [5.41, 5.74) is 5.34. The van der Waals surface area contributed by atoms with Gasteiger partial charge in [-0.05, 0) is 22.0 Å². The van der Waals surface area contributed by atoms with Crippen molar-refractivity contribution in [1.82, 2.24) is 10.2 Å². The Morgan fingerprint density at radius 2 is 2.38 bits per heavy atom. The molecule has 0 radical (unpaired) electrons. The molecule has 0 saturated heterocycles. The highest BCUT2D eigenvalue weighted by molar-refractivity contribution is 9.10. The van der Waals surface area contributed by atoms with Gasteiger partial charge in [-0.1, -0.05) is 0 Å². The summed E-state index contributed by atoms with van der Waals surface area (Å²) >= 11 is 4.89. The van der Waals surface area contributed by atoms with Crippen molar-refractivity contribution in [3.63, 3.8) is 0 Å². The minimum absolute atomic E-state index is 0.277. The molecule has 4 nitrogen and oxygen atoms in total. The summed E-state index contributed by atoms with van der Waals surface area (Å²) in [4.78, 5) is 0.944. The van der Waals surface area contributed by atoms with Crippen molar-refractivity contribution in [3.05, 3.63) is 21.8 Å². The van der Waals surface area contributed by atoms with Gasteiger partial charge in [0.2, 0.25) is 5.89 Å². The molecule has 2 N–H and O–H groups in total. The van der Waals surface area contributed by atoms with Gasteiger partial charge in [0.15, 0.2) is 0 Å². The summed E-state index contributed by atoms with van der Waals surface area (Å²) in [6.07, 6.45) is 0. The number of nitrogens with two attached hydrogens (primary N) is 1. The molecule has 2 aromatic heterocycles. The van der Waals surface area contributed by atoms with E-state index in [0.29, 0.717) is 11.8 Å². The van der Waals surface area contributed by atoms with Crippen LogP contribution in [0, 0.1) is 0 Å². The highest BCUT2D eigenvalue weighted by atomic mass is 79.9. The quantitative estimate of drug-likeness (QED) is 0.897. The molecule has 0 amide bonds. The second-order valence-corrected chi connectivity index (χ2v) is 4.16. The zero-order chi connectivity index (χ0) is 9.26. The van der Waals surface area contributed by atoms with E-state index in [1.807, 2.05) is 11.4 Å². The Bertz CT molecular complexity index is 411. The fraction of sp³-hybridized carbons (Fsp3) is 0.143. The average Bonchev–Trinajstić information content (AvgIpc) is 2.71. The predicted molar refractivity (Wildman–Crippen MR) is 53.2 cm³/mol. The number of hydrogen-bond donors (Lipinski definition) is 1. The third kappa shape index (κ3) is 1.79. The smallest absolute Gasteiger partial charge is 0.257 e. The van der Waals surface area contributed by atoms with Crippen LogP contribution in [0.1, 0.15) is 5.89 Å². The molecule has 0 bridgehead atoms. The van der Waals surface area contributed by atoms with Crippen molar-refractivity contribution in [3.8, 4) is 10.8 Å². The van der Waals surface area contributed by atoms with Crippen molar-refractivity contribution in [2.75, 3.05) is 0 Å². The topological polar surface area (TPSA) is 64.9 Å². The molecule has 2 aromatic rings. The van der Waals surface area contributed by atoms with Gasteiger partial charge in [0, 0.05) is 9.85 Å². The molecule has 0 spiro atoms. The highest BCUT2D eigenvalue weighted by Crippen LogP contribution is 2.28. The molecular formula is C7H6BrN3OS. The number of rotatable bonds is 2. The zero-order valence-corrected chi connectivity index (χ0v) is 8.93. The zero-order valence-electron chi connectivity index (χ0n) is 6.53. The second-order valence-electron chi connectivity index (χ2n) is 2.33. The largest absolute Gasteiger partial charge is 0.419 e. The predicted octanol–water partition coefficient (Wildman–Crippen LogP) is 2.02. The summed E-state index contributed by atoms with van der Waals surface area (Å²) < 4.78 is 6.29. The average molecular weight is 260 g/mol. The molecule has 0 unspecified atom stereocenters. The minimum Gasteiger partial charge on any atom is -0.419 e. The van der Waals surface area contributed by atoms with Crippen LogP contribution in [0.15, 0.2) is 20.3 Å². The van der Waals surface area contributed by atoms with Crippen molar-refractivity contribution in [2.24, 2.45) is 5.73 Å². The number of nitrogens with zero attached hydrogens (tertiary/aromatic N) is 2. The molecule has 0 saturated carbocycles. The molecule has 0 aliphatic carbocycles. The maximum absolute atomic E-state index is 5.34. The molecule has 0 fully saturated rings. The Balaban J connectivity index is 2.35. The molecule has 0 aliphatic heterocycles. The second kappa shape index (κ2) is 3.57. The van der Waals surface area contributed by atoms with E-state index in [1.165, 1.54) is 0 Å². The molecule has 0 aliphatic rings. The van der Waals surface area contributed by atoms with Crippen LogP contribution in [0.5, 0.6) is 0 Å². The van der Waals surface area contributed by atoms with E-state index in [1.54, 1.807) is 11.3 Å². The first-order valence-electron chi connectivity index (χ1n) is 3.56. The summed E-state index contributed by atoms with van der Waals surface area (Å²) in [5.74, 6) is 0.982. The molecule has 0 aromatic carbocycles. The number of aromatic nitrogens is 2. The number of halogens is 1. The lowest BCUT2D eigenvalue weighted by molar-refractivity contribution is 0.509. The first-order chi connectivity index (χ1) is 6.29. The van der Waals surface area contributed by atoms with Crippen molar-refractivity contribution in [1.29, 1.82) is 0 Å². The van der Waals surface area contributed by atoms with Gasteiger partial charge in [-0.15, -0.1) is 21.5 Å². The van der Waals surface area contributed by atoms with Crippen LogP contribution in [0.4, 0.5) is 0 Å². The van der Waals surface area contributed by atoms with E-state index in [0.717, 1.165) is 9.35 Å². The molecule has 68 valence electrons. The first kappa shape index (κ1) is 8.86. The number of thiophene rings is 1. The molecular weight excluding hydrogens is 254 g/mol. The fourth-order valence-electron chi connectivity index (χ4n) is 0.861. The molecule has 0 atom stereocenters. The van der Waals surface area contributed by atoms with Gasteiger partial charge in [0.25, 0.3) is 5.89 Å². The van der Waals surface area contributed by atoms with Gasteiger partial charge in [-0.25, -0.2) is 0 Å².